The Morgan fingerprint density at radius 3 is 2.31 bits per heavy atom. The number of rotatable bonds is 3. The van der Waals surface area contributed by atoms with Gasteiger partial charge in [-0.3, -0.25) is 4.79 Å². The Morgan fingerprint density at radius 1 is 1.12 bits per heavy atom. The molecule has 26 heavy (non-hydrogen) atoms. The maximum Gasteiger partial charge on any atom is 0.354 e. The number of nitrogens with zero attached hydrogens (tertiary/aromatic N) is 1. The monoisotopic (exact) mass is 350 g/mol. The largest absolute Gasteiger partial charge is 0.477 e. The van der Waals surface area contributed by atoms with Gasteiger partial charge in [0.05, 0.1) is 11.9 Å². The average Bonchev–Trinajstić information content (AvgIpc) is 2.62. The Balaban J connectivity index is 1.62. The molecule has 0 unspecified atom stereocenters. The Hall–Kier alpha value is -2.69. The van der Waals surface area contributed by atoms with Crippen LogP contribution in [0.1, 0.15) is 70.1 Å². The Morgan fingerprint density at radius 2 is 1.77 bits per heavy atom. The minimum absolute atomic E-state index is 0.0412. The fourth-order valence-corrected chi connectivity index (χ4v) is 4.58. The van der Waals surface area contributed by atoms with Crippen LogP contribution in [0.4, 0.5) is 5.69 Å². The molecular weight excluding hydrogens is 328 g/mol. The molecule has 0 saturated carbocycles. The smallest absolute Gasteiger partial charge is 0.354 e. The van der Waals surface area contributed by atoms with Gasteiger partial charge in [0.15, 0.2) is 0 Å². The molecule has 2 aromatic rings. The number of amides is 1. The van der Waals surface area contributed by atoms with Crippen LogP contribution in [0, 0.1) is 0 Å². The third kappa shape index (κ3) is 2.87. The molecule has 0 aliphatic heterocycles. The fraction of sp³-hybridized carbons (Fsp3) is 0.381. The predicted molar refractivity (Wildman–Crippen MR) is 98.8 cm³/mol. The standard InChI is InChI=1S/C21H22N2O3/c1-21-8-2-4-13-10-15(11-14(18(13)21)5-3-9-21)19(24)23-16-6-7-17(20(25)26)22-12-16/h6-7,10-12H,2-5,8-9H2,1H3,(H,23,24)(H,25,26). The van der Waals surface area contributed by atoms with Crippen molar-refractivity contribution in [3.63, 3.8) is 0 Å². The molecule has 2 N–H and O–H groups in total. The lowest BCUT2D eigenvalue weighted by atomic mass is 9.63. The number of benzene rings is 1. The maximum absolute atomic E-state index is 12.7. The van der Waals surface area contributed by atoms with Crippen LogP contribution in [0.25, 0.3) is 0 Å². The molecule has 1 aromatic heterocycles. The molecule has 0 radical (unpaired) electrons. The zero-order chi connectivity index (χ0) is 18.3. The highest BCUT2D eigenvalue weighted by Crippen LogP contribution is 2.46. The topological polar surface area (TPSA) is 79.3 Å². The molecule has 1 amide bonds. The van der Waals surface area contributed by atoms with E-state index in [1.165, 1.54) is 54.6 Å². The fourth-order valence-electron chi connectivity index (χ4n) is 4.58. The van der Waals surface area contributed by atoms with Crippen molar-refractivity contribution in [1.29, 1.82) is 0 Å². The van der Waals surface area contributed by atoms with Gasteiger partial charge in [0.2, 0.25) is 0 Å². The summed E-state index contributed by atoms with van der Waals surface area (Å²) in [7, 11) is 0. The number of hydrogen-bond donors (Lipinski definition) is 2. The minimum atomic E-state index is -1.08. The molecule has 5 nitrogen and oxygen atoms in total. The van der Waals surface area contributed by atoms with Crippen molar-refractivity contribution in [2.45, 2.75) is 50.9 Å². The minimum Gasteiger partial charge on any atom is -0.477 e. The lowest BCUT2D eigenvalue weighted by molar-refractivity contribution is 0.0690. The van der Waals surface area contributed by atoms with Gasteiger partial charge in [0.25, 0.3) is 5.91 Å². The summed E-state index contributed by atoms with van der Waals surface area (Å²) in [5, 5.41) is 11.7. The van der Waals surface area contributed by atoms with E-state index in [0.29, 0.717) is 11.3 Å². The number of carboxylic acids is 1. The van der Waals surface area contributed by atoms with Gasteiger partial charge in [0, 0.05) is 5.56 Å². The summed E-state index contributed by atoms with van der Waals surface area (Å²) in [6, 6.07) is 7.03. The van der Waals surface area contributed by atoms with Gasteiger partial charge in [-0.15, -0.1) is 0 Å². The highest BCUT2D eigenvalue weighted by molar-refractivity contribution is 6.04. The van der Waals surface area contributed by atoms with Crippen LogP contribution in [0.15, 0.2) is 30.5 Å². The van der Waals surface area contributed by atoms with Crippen LogP contribution in [-0.2, 0) is 18.3 Å². The maximum atomic E-state index is 12.7. The Kier molecular flexibility index (Phi) is 4.02. The molecule has 0 fully saturated rings. The number of aromatic nitrogens is 1. The molecule has 0 spiro atoms. The molecular formula is C21H22N2O3. The summed E-state index contributed by atoms with van der Waals surface area (Å²) in [4.78, 5) is 27.4. The highest BCUT2D eigenvalue weighted by atomic mass is 16.4. The number of hydrogen-bond acceptors (Lipinski definition) is 3. The summed E-state index contributed by atoms with van der Waals surface area (Å²) in [6.45, 7) is 2.36. The van der Waals surface area contributed by atoms with E-state index in [-0.39, 0.29) is 17.0 Å². The van der Waals surface area contributed by atoms with Crippen molar-refractivity contribution in [3.8, 4) is 0 Å². The number of aromatic carboxylic acids is 1. The van der Waals surface area contributed by atoms with E-state index in [2.05, 4.69) is 17.2 Å². The summed E-state index contributed by atoms with van der Waals surface area (Å²) in [6.07, 6.45) is 8.27. The van der Waals surface area contributed by atoms with Crippen molar-refractivity contribution in [1.82, 2.24) is 4.98 Å². The zero-order valence-electron chi connectivity index (χ0n) is 14.8. The van der Waals surface area contributed by atoms with Crippen molar-refractivity contribution in [2.24, 2.45) is 0 Å². The Bertz CT molecular complexity index is 856. The van der Waals surface area contributed by atoms with Gasteiger partial charge in [-0.1, -0.05) is 6.92 Å². The van der Waals surface area contributed by atoms with Crippen molar-refractivity contribution in [2.75, 3.05) is 5.32 Å². The molecule has 1 heterocycles. The molecule has 0 bridgehead atoms. The van der Waals surface area contributed by atoms with Gasteiger partial charge < -0.3 is 10.4 Å². The van der Waals surface area contributed by atoms with Gasteiger partial charge in [-0.05, 0) is 84.9 Å². The second-order valence-corrected chi connectivity index (χ2v) is 7.63. The van der Waals surface area contributed by atoms with Crippen molar-refractivity contribution >= 4 is 17.6 Å². The average molecular weight is 350 g/mol. The first-order valence-corrected chi connectivity index (χ1v) is 9.13. The number of anilines is 1. The number of carboxylic acid groups (broad SMARTS) is 1. The molecule has 5 heteroatoms. The van der Waals surface area contributed by atoms with Gasteiger partial charge in [-0.2, -0.15) is 0 Å². The second kappa shape index (κ2) is 6.24. The quantitative estimate of drug-likeness (QED) is 0.878. The number of pyridine rings is 1. The summed E-state index contributed by atoms with van der Waals surface area (Å²) in [5.74, 6) is -1.26. The van der Waals surface area contributed by atoms with Crippen LogP contribution in [0.5, 0.6) is 0 Å². The van der Waals surface area contributed by atoms with Crippen LogP contribution in [-0.4, -0.2) is 22.0 Å². The summed E-state index contributed by atoms with van der Waals surface area (Å²) < 4.78 is 0. The van der Waals surface area contributed by atoms with E-state index in [1.54, 1.807) is 6.07 Å². The number of nitrogens with one attached hydrogen (secondary N) is 1. The number of aryl methyl sites for hydroxylation is 2. The van der Waals surface area contributed by atoms with Crippen LogP contribution >= 0.6 is 0 Å². The van der Waals surface area contributed by atoms with E-state index in [1.807, 2.05) is 12.1 Å². The van der Waals surface area contributed by atoms with Gasteiger partial charge in [-0.25, -0.2) is 9.78 Å². The van der Waals surface area contributed by atoms with E-state index in [4.69, 9.17) is 5.11 Å². The van der Waals surface area contributed by atoms with E-state index < -0.39 is 5.97 Å². The van der Waals surface area contributed by atoms with Gasteiger partial charge >= 0.3 is 5.97 Å². The van der Waals surface area contributed by atoms with Gasteiger partial charge in [0.1, 0.15) is 5.69 Å². The molecule has 0 saturated heterocycles. The van der Waals surface area contributed by atoms with Crippen molar-refractivity contribution < 1.29 is 14.7 Å². The lowest BCUT2D eigenvalue weighted by Gasteiger charge is -2.41. The van der Waals surface area contributed by atoms with Crippen LogP contribution in [0.2, 0.25) is 0 Å². The molecule has 134 valence electrons. The van der Waals surface area contributed by atoms with Crippen LogP contribution in [0.3, 0.4) is 0 Å². The molecule has 1 aromatic carbocycles. The summed E-state index contributed by atoms with van der Waals surface area (Å²) >= 11 is 0. The molecule has 4 rings (SSSR count). The zero-order valence-corrected chi connectivity index (χ0v) is 14.8. The normalized spacial score (nSPS) is 17.3. The number of carbonyl (C=O) groups excluding carboxylic acids is 1. The predicted octanol–water partition coefficient (Wildman–Crippen LogP) is 3.96. The van der Waals surface area contributed by atoms with E-state index in [0.717, 1.165) is 12.8 Å². The van der Waals surface area contributed by atoms with E-state index >= 15 is 0 Å². The molecule has 2 aliphatic carbocycles. The summed E-state index contributed by atoms with van der Waals surface area (Å²) in [5.41, 5.74) is 5.52. The third-order valence-corrected chi connectivity index (χ3v) is 5.76. The van der Waals surface area contributed by atoms with Crippen molar-refractivity contribution in [3.05, 3.63) is 58.4 Å². The molecule has 0 atom stereocenters. The highest BCUT2D eigenvalue weighted by Gasteiger charge is 2.36. The molecule has 2 aliphatic rings. The Labute approximate surface area is 152 Å². The second-order valence-electron chi connectivity index (χ2n) is 7.63. The SMILES string of the molecule is CC12CCCc3cc(C(=O)Nc4ccc(C(=O)O)nc4)cc(c31)CCC2. The van der Waals surface area contributed by atoms with E-state index in [9.17, 15) is 9.59 Å². The first-order valence-electron chi connectivity index (χ1n) is 9.13. The first-order chi connectivity index (χ1) is 12.5. The van der Waals surface area contributed by atoms with Crippen LogP contribution < -0.4 is 5.32 Å². The first kappa shape index (κ1) is 16.8. The lowest BCUT2D eigenvalue weighted by Crippen LogP contribution is -2.33. The number of carbonyl (C=O) groups is 2. The third-order valence-electron chi connectivity index (χ3n) is 5.76.